The number of hydrogen-bond donors (Lipinski definition) is 2. The number of para-hydroxylation sites is 1. The SMILES string of the molecule is C1=CCC(c2cc(-c3ccccc3C3Nc4ccccc4-c4c3ccc3c4N=C(c4ccccc4)C(c4ccccc4)N3)nc(-c3ccccc3)n2)C=C1. The second-order valence-electron chi connectivity index (χ2n) is 14.0. The highest BCUT2D eigenvalue weighted by atomic mass is 15.0. The van der Waals surface area contributed by atoms with E-state index in [2.05, 4.69) is 174 Å². The molecule has 2 N–H and O–H groups in total. The molecule has 1 aliphatic carbocycles. The van der Waals surface area contributed by atoms with Gasteiger partial charge in [-0.15, -0.1) is 0 Å². The number of aromatic nitrogens is 2. The van der Waals surface area contributed by atoms with Crippen molar-refractivity contribution in [1.82, 2.24) is 9.97 Å². The van der Waals surface area contributed by atoms with Crippen molar-refractivity contribution in [2.24, 2.45) is 4.99 Å². The van der Waals surface area contributed by atoms with E-state index in [1.54, 1.807) is 0 Å². The van der Waals surface area contributed by atoms with Crippen LogP contribution in [0.25, 0.3) is 33.8 Å². The Labute approximate surface area is 315 Å². The van der Waals surface area contributed by atoms with Gasteiger partial charge >= 0.3 is 0 Å². The van der Waals surface area contributed by atoms with Crippen LogP contribution >= 0.6 is 0 Å². The third kappa shape index (κ3) is 5.71. The van der Waals surface area contributed by atoms with Crippen molar-refractivity contribution in [3.05, 3.63) is 210 Å². The molecule has 0 radical (unpaired) electrons. The van der Waals surface area contributed by atoms with Crippen LogP contribution in [0.15, 0.2) is 187 Å². The Bertz CT molecular complexity index is 2590. The number of aliphatic imine (C=N–C) groups is 1. The molecule has 0 saturated carbocycles. The quantitative estimate of drug-likeness (QED) is 0.182. The zero-order valence-electron chi connectivity index (χ0n) is 29.6. The topological polar surface area (TPSA) is 62.2 Å². The van der Waals surface area contributed by atoms with Gasteiger partial charge in [0, 0.05) is 33.9 Å². The van der Waals surface area contributed by atoms with E-state index in [4.69, 9.17) is 15.0 Å². The summed E-state index contributed by atoms with van der Waals surface area (Å²) in [6, 6.07) is 55.2. The lowest BCUT2D eigenvalue weighted by Crippen LogP contribution is -2.26. The maximum atomic E-state index is 5.60. The Hall–Kier alpha value is -6.85. The number of rotatable bonds is 6. The average Bonchev–Trinajstić information content (AvgIpc) is 3.26. The van der Waals surface area contributed by atoms with Crippen LogP contribution in [0.5, 0.6) is 0 Å². The first kappa shape index (κ1) is 31.9. The standard InChI is InChI=1S/C49H37N5/c1-5-17-32(18-6-1)42-31-43(53-49(52-42)35-23-11-4-12-24-35)36-25-13-14-26-37(36)47-39-29-30-41-48(44(39)38-27-15-16-28-40(38)50-47)54-46(34-21-9-3-10-22-34)45(51-41)33-19-7-2-8-20-33/h1-17,19-32,45,47,50-51H,18H2. The number of anilines is 2. The maximum absolute atomic E-state index is 5.60. The molecule has 0 bridgehead atoms. The second-order valence-corrected chi connectivity index (χ2v) is 14.0. The van der Waals surface area contributed by atoms with Gasteiger partial charge in [0.2, 0.25) is 0 Å². The van der Waals surface area contributed by atoms with Gasteiger partial charge in [-0.3, -0.25) is 0 Å². The van der Waals surface area contributed by atoms with Crippen LogP contribution in [0.2, 0.25) is 0 Å². The first-order chi connectivity index (χ1) is 26.8. The lowest BCUT2D eigenvalue weighted by Gasteiger charge is -2.35. The summed E-state index contributed by atoms with van der Waals surface area (Å²) in [5.41, 5.74) is 15.0. The molecule has 6 aromatic carbocycles. The Kier molecular flexibility index (Phi) is 8.03. The molecule has 2 aliphatic heterocycles. The molecular weight excluding hydrogens is 659 g/mol. The van der Waals surface area contributed by atoms with Crippen LogP contribution in [-0.4, -0.2) is 15.7 Å². The molecule has 0 spiro atoms. The molecule has 3 atom stereocenters. The summed E-state index contributed by atoms with van der Waals surface area (Å²) in [5, 5.41) is 7.87. The van der Waals surface area contributed by atoms with E-state index in [0.29, 0.717) is 0 Å². The summed E-state index contributed by atoms with van der Waals surface area (Å²) in [6.07, 6.45) is 9.60. The normalized spacial score (nSPS) is 18.0. The Morgan fingerprint density at radius 3 is 2.00 bits per heavy atom. The molecule has 0 saturated heterocycles. The van der Waals surface area contributed by atoms with Crippen molar-refractivity contribution in [3.8, 4) is 33.8 Å². The van der Waals surface area contributed by atoms with Crippen molar-refractivity contribution in [2.75, 3.05) is 10.6 Å². The summed E-state index contributed by atoms with van der Waals surface area (Å²) in [4.78, 5) is 16.0. The monoisotopic (exact) mass is 695 g/mol. The van der Waals surface area contributed by atoms with Gasteiger partial charge in [0.25, 0.3) is 0 Å². The Morgan fingerprint density at radius 1 is 0.537 bits per heavy atom. The van der Waals surface area contributed by atoms with Gasteiger partial charge in [-0.1, -0.05) is 164 Å². The maximum Gasteiger partial charge on any atom is 0.160 e. The predicted molar refractivity (Wildman–Crippen MR) is 221 cm³/mol. The minimum Gasteiger partial charge on any atom is -0.374 e. The third-order valence-electron chi connectivity index (χ3n) is 10.7. The minimum absolute atomic E-state index is 0.0899. The van der Waals surface area contributed by atoms with E-state index >= 15 is 0 Å². The van der Waals surface area contributed by atoms with E-state index < -0.39 is 0 Å². The van der Waals surface area contributed by atoms with Crippen LogP contribution in [0.3, 0.4) is 0 Å². The van der Waals surface area contributed by atoms with Gasteiger partial charge in [-0.05, 0) is 46.9 Å². The first-order valence-electron chi connectivity index (χ1n) is 18.6. The molecule has 1 aromatic heterocycles. The summed E-state index contributed by atoms with van der Waals surface area (Å²) >= 11 is 0. The van der Waals surface area contributed by atoms with E-state index in [1.165, 1.54) is 11.1 Å². The third-order valence-corrected chi connectivity index (χ3v) is 10.7. The molecule has 5 heteroatoms. The number of benzene rings is 6. The largest absolute Gasteiger partial charge is 0.374 e. The summed E-state index contributed by atoms with van der Waals surface area (Å²) in [7, 11) is 0. The fourth-order valence-corrected chi connectivity index (χ4v) is 8.10. The molecule has 5 nitrogen and oxygen atoms in total. The molecule has 0 amide bonds. The molecule has 3 unspecified atom stereocenters. The summed E-state index contributed by atoms with van der Waals surface area (Å²) in [6.45, 7) is 0. The molecule has 258 valence electrons. The van der Waals surface area contributed by atoms with E-state index in [0.717, 1.165) is 79.8 Å². The van der Waals surface area contributed by atoms with E-state index in [1.807, 2.05) is 18.2 Å². The van der Waals surface area contributed by atoms with Gasteiger partial charge in [-0.25, -0.2) is 15.0 Å². The van der Waals surface area contributed by atoms with Crippen molar-refractivity contribution in [1.29, 1.82) is 0 Å². The highest BCUT2D eigenvalue weighted by Crippen LogP contribution is 2.53. The Balaban J connectivity index is 1.16. The molecule has 54 heavy (non-hydrogen) atoms. The van der Waals surface area contributed by atoms with Crippen molar-refractivity contribution in [2.45, 2.75) is 24.4 Å². The molecular formula is C49H37N5. The van der Waals surface area contributed by atoms with Crippen molar-refractivity contribution >= 4 is 22.8 Å². The number of allylic oxidation sites excluding steroid dienone is 4. The number of nitrogens with zero attached hydrogens (tertiary/aromatic N) is 3. The molecule has 7 aromatic rings. The van der Waals surface area contributed by atoms with Crippen LogP contribution in [0.4, 0.5) is 17.1 Å². The second kappa shape index (κ2) is 13.6. The molecule has 0 fully saturated rings. The number of nitrogens with one attached hydrogen (secondary N) is 2. The average molecular weight is 696 g/mol. The van der Waals surface area contributed by atoms with E-state index in [-0.39, 0.29) is 18.0 Å². The van der Waals surface area contributed by atoms with Crippen LogP contribution in [0.1, 0.15) is 52.4 Å². The summed E-state index contributed by atoms with van der Waals surface area (Å²) in [5.74, 6) is 0.918. The summed E-state index contributed by atoms with van der Waals surface area (Å²) < 4.78 is 0. The highest BCUT2D eigenvalue weighted by molar-refractivity contribution is 6.12. The van der Waals surface area contributed by atoms with Gasteiger partial charge in [0.05, 0.1) is 40.6 Å². The number of hydrogen-bond acceptors (Lipinski definition) is 5. The Morgan fingerprint density at radius 2 is 1.22 bits per heavy atom. The minimum atomic E-state index is -0.158. The van der Waals surface area contributed by atoms with Crippen molar-refractivity contribution in [3.63, 3.8) is 0 Å². The van der Waals surface area contributed by atoms with Gasteiger partial charge in [0.15, 0.2) is 5.82 Å². The van der Waals surface area contributed by atoms with Gasteiger partial charge < -0.3 is 10.6 Å². The lowest BCUT2D eigenvalue weighted by molar-refractivity contribution is 0.811. The zero-order valence-corrected chi connectivity index (χ0v) is 29.6. The highest BCUT2D eigenvalue weighted by Gasteiger charge is 2.34. The molecule has 3 aliphatic rings. The van der Waals surface area contributed by atoms with Crippen molar-refractivity contribution < 1.29 is 0 Å². The molecule has 10 rings (SSSR count). The fourth-order valence-electron chi connectivity index (χ4n) is 8.10. The lowest BCUT2D eigenvalue weighted by atomic mass is 9.82. The number of fused-ring (bicyclic) bond motifs is 5. The first-order valence-corrected chi connectivity index (χ1v) is 18.6. The smallest absolute Gasteiger partial charge is 0.160 e. The van der Waals surface area contributed by atoms with E-state index in [9.17, 15) is 0 Å². The van der Waals surface area contributed by atoms with Crippen LogP contribution < -0.4 is 10.6 Å². The fraction of sp³-hybridized carbons (Fsp3) is 0.0816. The predicted octanol–water partition coefficient (Wildman–Crippen LogP) is 11.9. The molecule has 3 heterocycles. The zero-order chi connectivity index (χ0) is 35.8. The van der Waals surface area contributed by atoms with Crippen LogP contribution in [0, 0.1) is 0 Å². The van der Waals surface area contributed by atoms with Gasteiger partial charge in [-0.2, -0.15) is 0 Å². The van der Waals surface area contributed by atoms with Crippen LogP contribution in [-0.2, 0) is 0 Å². The van der Waals surface area contributed by atoms with Gasteiger partial charge in [0.1, 0.15) is 0 Å².